The Hall–Kier alpha value is -2.01. The highest BCUT2D eigenvalue weighted by molar-refractivity contribution is 8.14. The van der Waals surface area contributed by atoms with Crippen LogP contribution in [0.3, 0.4) is 0 Å². The molecule has 0 aliphatic carbocycles. The van der Waals surface area contributed by atoms with Gasteiger partial charge in [0.25, 0.3) is 0 Å². The first kappa shape index (κ1) is 14.6. The van der Waals surface area contributed by atoms with Crippen molar-refractivity contribution < 1.29 is 4.74 Å². The SMILES string of the molecule is COc1ccccc1[C@H]1[C@@H](c2ccccn2)N=C2S[C@@H](C)CN21. The summed E-state index contributed by atoms with van der Waals surface area (Å²) in [5.41, 5.74) is 2.19. The summed E-state index contributed by atoms with van der Waals surface area (Å²) >= 11 is 1.85. The molecule has 4 rings (SSSR count). The maximum absolute atomic E-state index is 5.61. The van der Waals surface area contributed by atoms with E-state index in [2.05, 4.69) is 35.0 Å². The van der Waals surface area contributed by atoms with E-state index in [0.717, 1.165) is 23.2 Å². The summed E-state index contributed by atoms with van der Waals surface area (Å²) in [6.45, 7) is 3.26. The summed E-state index contributed by atoms with van der Waals surface area (Å²) < 4.78 is 5.61. The smallest absolute Gasteiger partial charge is 0.160 e. The molecule has 5 heteroatoms. The molecule has 0 saturated carbocycles. The molecule has 0 unspecified atom stereocenters. The fourth-order valence-corrected chi connectivity index (χ4v) is 4.46. The standard InChI is InChI=1S/C18H19N3OS/c1-12-11-21-17(13-7-3-4-9-15(13)22-2)16(20-18(21)23-12)14-8-5-6-10-19-14/h3-10,12,16-17H,11H2,1-2H3/t12-,16+,17-/m0/s1. The van der Waals surface area contributed by atoms with Crippen LogP contribution in [0.4, 0.5) is 0 Å². The monoisotopic (exact) mass is 325 g/mol. The maximum Gasteiger partial charge on any atom is 0.160 e. The van der Waals surface area contributed by atoms with Gasteiger partial charge in [-0.3, -0.25) is 9.98 Å². The minimum absolute atomic E-state index is 0.0162. The van der Waals surface area contributed by atoms with Crippen LogP contribution in [0.1, 0.15) is 30.3 Å². The molecule has 2 aromatic rings. The average Bonchev–Trinajstić information content (AvgIpc) is 3.11. The van der Waals surface area contributed by atoms with E-state index in [4.69, 9.17) is 9.73 Å². The van der Waals surface area contributed by atoms with Crippen LogP contribution in [0.15, 0.2) is 53.7 Å². The van der Waals surface area contributed by atoms with Crippen molar-refractivity contribution in [3.8, 4) is 5.75 Å². The van der Waals surface area contributed by atoms with Crippen LogP contribution < -0.4 is 4.74 Å². The quantitative estimate of drug-likeness (QED) is 0.863. The number of para-hydroxylation sites is 1. The number of methoxy groups -OCH3 is 1. The van der Waals surface area contributed by atoms with Crippen LogP contribution >= 0.6 is 11.8 Å². The molecular formula is C18H19N3OS. The van der Waals surface area contributed by atoms with E-state index in [-0.39, 0.29) is 12.1 Å². The van der Waals surface area contributed by atoms with Gasteiger partial charge in [0.05, 0.1) is 18.8 Å². The summed E-state index contributed by atoms with van der Waals surface area (Å²) in [6, 6.07) is 14.4. The molecule has 2 aliphatic rings. The van der Waals surface area contributed by atoms with Crippen molar-refractivity contribution in [3.63, 3.8) is 0 Å². The van der Waals surface area contributed by atoms with Crippen LogP contribution in [0.2, 0.25) is 0 Å². The number of aromatic nitrogens is 1. The Kier molecular flexibility index (Phi) is 3.73. The summed E-state index contributed by atoms with van der Waals surface area (Å²) in [4.78, 5) is 12.0. The normalized spacial score (nSPS) is 26.1. The lowest BCUT2D eigenvalue weighted by atomic mass is 9.95. The van der Waals surface area contributed by atoms with E-state index in [1.165, 1.54) is 5.56 Å². The van der Waals surface area contributed by atoms with Crippen molar-refractivity contribution in [1.82, 2.24) is 9.88 Å². The Morgan fingerprint density at radius 2 is 2.00 bits per heavy atom. The highest BCUT2D eigenvalue weighted by atomic mass is 32.2. The Bertz CT molecular complexity index is 734. The fraction of sp³-hybridized carbons (Fsp3) is 0.333. The number of benzene rings is 1. The minimum Gasteiger partial charge on any atom is -0.496 e. The predicted octanol–water partition coefficient (Wildman–Crippen LogP) is 3.68. The van der Waals surface area contributed by atoms with Crippen molar-refractivity contribution in [2.45, 2.75) is 24.3 Å². The van der Waals surface area contributed by atoms with Gasteiger partial charge in [-0.25, -0.2) is 0 Å². The highest BCUT2D eigenvalue weighted by Crippen LogP contribution is 2.49. The third-order valence-electron chi connectivity index (χ3n) is 4.34. The van der Waals surface area contributed by atoms with E-state index in [0.29, 0.717) is 5.25 Å². The third-order valence-corrected chi connectivity index (χ3v) is 5.44. The van der Waals surface area contributed by atoms with Crippen molar-refractivity contribution >= 4 is 16.9 Å². The number of rotatable bonds is 3. The molecule has 1 aromatic carbocycles. The van der Waals surface area contributed by atoms with E-state index >= 15 is 0 Å². The number of amidine groups is 1. The number of nitrogens with zero attached hydrogens (tertiary/aromatic N) is 3. The fourth-order valence-electron chi connectivity index (χ4n) is 3.36. The van der Waals surface area contributed by atoms with E-state index < -0.39 is 0 Å². The topological polar surface area (TPSA) is 37.7 Å². The molecule has 2 aliphatic heterocycles. The first-order chi connectivity index (χ1) is 11.3. The first-order valence-corrected chi connectivity index (χ1v) is 8.71. The summed E-state index contributed by atoms with van der Waals surface area (Å²) in [7, 11) is 1.73. The second-order valence-corrected chi connectivity index (χ2v) is 7.28. The third kappa shape index (κ3) is 2.49. The largest absolute Gasteiger partial charge is 0.496 e. The summed E-state index contributed by atoms with van der Waals surface area (Å²) in [5, 5.41) is 1.69. The van der Waals surface area contributed by atoms with Gasteiger partial charge in [-0.2, -0.15) is 0 Å². The van der Waals surface area contributed by atoms with Crippen LogP contribution in [0.25, 0.3) is 0 Å². The van der Waals surface area contributed by atoms with Gasteiger partial charge < -0.3 is 9.64 Å². The zero-order valence-corrected chi connectivity index (χ0v) is 14.0. The lowest BCUT2D eigenvalue weighted by molar-refractivity contribution is 0.307. The molecule has 1 saturated heterocycles. The Labute approximate surface area is 140 Å². The molecule has 0 bridgehead atoms. The van der Waals surface area contributed by atoms with Gasteiger partial charge >= 0.3 is 0 Å². The number of pyridine rings is 1. The van der Waals surface area contributed by atoms with Crippen LogP contribution in [-0.2, 0) is 0 Å². The molecule has 0 radical (unpaired) electrons. The Morgan fingerprint density at radius 1 is 1.17 bits per heavy atom. The zero-order chi connectivity index (χ0) is 15.8. The molecule has 0 amide bonds. The van der Waals surface area contributed by atoms with Crippen LogP contribution in [0, 0.1) is 0 Å². The number of hydrogen-bond donors (Lipinski definition) is 0. The number of aliphatic imine (C=N–C) groups is 1. The van der Waals surface area contributed by atoms with Crippen LogP contribution in [0.5, 0.6) is 5.75 Å². The molecule has 0 spiro atoms. The lowest BCUT2D eigenvalue weighted by Gasteiger charge is -2.28. The number of ether oxygens (including phenoxy) is 1. The van der Waals surface area contributed by atoms with Gasteiger partial charge in [0.15, 0.2) is 5.17 Å². The van der Waals surface area contributed by atoms with Gasteiger partial charge in [0.2, 0.25) is 0 Å². The Balaban J connectivity index is 1.81. The second-order valence-electron chi connectivity index (χ2n) is 5.88. The maximum atomic E-state index is 5.61. The molecule has 3 heterocycles. The molecule has 0 N–H and O–H groups in total. The van der Waals surface area contributed by atoms with E-state index in [1.807, 2.05) is 42.2 Å². The zero-order valence-electron chi connectivity index (χ0n) is 13.2. The molecule has 3 atom stereocenters. The molecule has 4 nitrogen and oxygen atoms in total. The predicted molar refractivity (Wildman–Crippen MR) is 93.9 cm³/mol. The minimum atomic E-state index is 0.0162. The average molecular weight is 325 g/mol. The van der Waals surface area contributed by atoms with Crippen molar-refractivity contribution in [2.24, 2.45) is 4.99 Å². The van der Waals surface area contributed by atoms with Gasteiger partial charge in [0, 0.05) is 23.6 Å². The number of thioether (sulfide) groups is 1. The molecular weight excluding hydrogens is 306 g/mol. The van der Waals surface area contributed by atoms with E-state index in [9.17, 15) is 0 Å². The Morgan fingerprint density at radius 3 is 2.78 bits per heavy atom. The molecule has 23 heavy (non-hydrogen) atoms. The summed E-state index contributed by atoms with van der Waals surface area (Å²) in [6.07, 6.45) is 1.84. The number of fused-ring (bicyclic) bond motifs is 1. The van der Waals surface area contributed by atoms with Crippen molar-refractivity contribution in [1.29, 1.82) is 0 Å². The van der Waals surface area contributed by atoms with E-state index in [1.54, 1.807) is 7.11 Å². The van der Waals surface area contributed by atoms with Crippen molar-refractivity contribution in [2.75, 3.05) is 13.7 Å². The summed E-state index contributed by atoms with van der Waals surface area (Å²) in [5.74, 6) is 0.916. The highest BCUT2D eigenvalue weighted by Gasteiger charge is 2.44. The van der Waals surface area contributed by atoms with Crippen LogP contribution in [-0.4, -0.2) is 34.0 Å². The molecule has 1 fully saturated rings. The van der Waals surface area contributed by atoms with Gasteiger partial charge in [-0.15, -0.1) is 0 Å². The number of hydrogen-bond acceptors (Lipinski definition) is 5. The van der Waals surface area contributed by atoms with Gasteiger partial charge in [-0.1, -0.05) is 43.0 Å². The molecule has 1 aromatic heterocycles. The second kappa shape index (κ2) is 5.89. The first-order valence-electron chi connectivity index (χ1n) is 7.83. The lowest BCUT2D eigenvalue weighted by Crippen LogP contribution is -2.28. The van der Waals surface area contributed by atoms with Gasteiger partial charge in [0.1, 0.15) is 11.8 Å². The van der Waals surface area contributed by atoms with Gasteiger partial charge in [-0.05, 0) is 18.2 Å². The molecule has 118 valence electrons. The van der Waals surface area contributed by atoms with Crippen molar-refractivity contribution in [3.05, 3.63) is 59.9 Å².